The molecule has 0 aliphatic heterocycles. The predicted octanol–water partition coefficient (Wildman–Crippen LogP) is 3.80. The summed E-state index contributed by atoms with van der Waals surface area (Å²) in [5.74, 6) is -1.24. The maximum Gasteiger partial charge on any atom is 0.335 e. The molecule has 0 amide bonds. The molecule has 0 saturated carbocycles. The first-order valence-corrected chi connectivity index (χ1v) is 7.70. The fraction of sp³-hybridized carbons (Fsp3) is 0.211. The topological polar surface area (TPSA) is 84.6 Å². The minimum atomic E-state index is -1.11. The summed E-state index contributed by atoms with van der Waals surface area (Å²) in [5, 5.41) is 9.61. The highest BCUT2D eigenvalue weighted by Crippen LogP contribution is 2.25. The van der Waals surface area contributed by atoms with E-state index < -0.39 is 5.97 Å². The maximum absolute atomic E-state index is 12.8. The van der Waals surface area contributed by atoms with Crippen molar-refractivity contribution >= 4 is 33.7 Å². The molecular weight excluding hydrogens is 308 g/mol. The molecule has 3 rings (SSSR count). The average Bonchev–Trinajstić information content (AvgIpc) is 2.55. The molecule has 0 spiro atoms. The van der Waals surface area contributed by atoms with Gasteiger partial charge in [0, 0.05) is 5.56 Å². The first kappa shape index (κ1) is 15.9. The number of benzene rings is 2. The number of ketones is 1. The fourth-order valence-corrected chi connectivity index (χ4v) is 2.82. The lowest BCUT2D eigenvalue weighted by Gasteiger charge is -2.09. The van der Waals surface area contributed by atoms with Gasteiger partial charge in [0.1, 0.15) is 11.2 Å². The van der Waals surface area contributed by atoms with Crippen LogP contribution in [-0.2, 0) is 6.42 Å². The summed E-state index contributed by atoms with van der Waals surface area (Å²) < 4.78 is 5.88. The summed E-state index contributed by atoms with van der Waals surface area (Å²) in [4.78, 5) is 35.7. The molecule has 122 valence electrons. The number of carbonyl (C=O) groups is 2. The highest BCUT2D eigenvalue weighted by molar-refractivity contribution is 6.01. The Morgan fingerprint density at radius 3 is 2.42 bits per heavy atom. The number of carboxylic acids is 1. The number of carbonyl (C=O) groups excluding carboxylic acids is 1. The van der Waals surface area contributed by atoms with Crippen molar-refractivity contribution in [1.29, 1.82) is 0 Å². The molecule has 0 atom stereocenters. The second-order valence-corrected chi connectivity index (χ2v) is 5.77. The van der Waals surface area contributed by atoms with Gasteiger partial charge in [0.2, 0.25) is 5.43 Å². The van der Waals surface area contributed by atoms with Gasteiger partial charge in [-0.15, -0.1) is 0 Å². The smallest absolute Gasteiger partial charge is 0.335 e. The summed E-state index contributed by atoms with van der Waals surface area (Å²) in [7, 11) is 0. The Balaban J connectivity index is 2.44. The summed E-state index contributed by atoms with van der Waals surface area (Å²) in [6.07, 6.45) is 1.52. The van der Waals surface area contributed by atoms with Gasteiger partial charge in [-0.25, -0.2) is 4.79 Å². The molecule has 0 aliphatic rings. The van der Waals surface area contributed by atoms with E-state index >= 15 is 0 Å². The quantitative estimate of drug-likeness (QED) is 0.583. The molecule has 24 heavy (non-hydrogen) atoms. The minimum absolute atomic E-state index is 0.0191. The van der Waals surface area contributed by atoms with Crippen LogP contribution >= 0.6 is 0 Å². The molecule has 0 fully saturated rings. The first-order chi connectivity index (χ1) is 11.4. The molecule has 0 bridgehead atoms. The van der Waals surface area contributed by atoms with Crippen LogP contribution in [0.1, 0.15) is 46.5 Å². The summed E-state index contributed by atoms with van der Waals surface area (Å²) >= 11 is 0. The van der Waals surface area contributed by atoms with Crippen LogP contribution in [0.5, 0.6) is 0 Å². The standard InChI is InChI=1S/C19H16O5/c1-3-4-11-7-13(10(2)20)9-15-17(21)14-8-12(19(22)23)5-6-16(14)24-18(11)15/h5-9H,3-4H2,1-2H3,(H,22,23). The molecule has 0 radical (unpaired) electrons. The van der Waals surface area contributed by atoms with E-state index in [1.807, 2.05) is 6.92 Å². The van der Waals surface area contributed by atoms with E-state index in [-0.39, 0.29) is 22.2 Å². The molecular formula is C19H16O5. The molecule has 5 nitrogen and oxygen atoms in total. The summed E-state index contributed by atoms with van der Waals surface area (Å²) in [5.41, 5.74) is 1.75. The molecule has 1 aromatic heterocycles. The normalized spacial score (nSPS) is 11.1. The number of hydrogen-bond acceptors (Lipinski definition) is 4. The Morgan fingerprint density at radius 2 is 1.79 bits per heavy atom. The first-order valence-electron chi connectivity index (χ1n) is 7.70. The number of aryl methyl sites for hydroxylation is 1. The Kier molecular flexibility index (Phi) is 3.93. The number of carboxylic acid groups (broad SMARTS) is 1. The second-order valence-electron chi connectivity index (χ2n) is 5.77. The molecule has 0 unspecified atom stereocenters. The highest BCUT2D eigenvalue weighted by atomic mass is 16.4. The van der Waals surface area contributed by atoms with Crippen molar-refractivity contribution in [3.63, 3.8) is 0 Å². The Hall–Kier alpha value is -2.95. The van der Waals surface area contributed by atoms with E-state index in [0.29, 0.717) is 28.5 Å². The second kappa shape index (κ2) is 5.92. The van der Waals surface area contributed by atoms with Gasteiger partial charge in [-0.05, 0) is 49.2 Å². The Bertz CT molecular complexity index is 1040. The number of hydrogen-bond donors (Lipinski definition) is 1. The number of Topliss-reactive ketones (excluding diaryl/α,β-unsaturated/α-hetero) is 1. The van der Waals surface area contributed by atoms with Gasteiger partial charge >= 0.3 is 5.97 Å². The molecule has 0 saturated heterocycles. The van der Waals surface area contributed by atoms with Crippen molar-refractivity contribution in [3.05, 3.63) is 57.2 Å². The van der Waals surface area contributed by atoms with Crippen LogP contribution in [-0.4, -0.2) is 16.9 Å². The molecule has 0 aliphatic carbocycles. The van der Waals surface area contributed by atoms with E-state index in [1.54, 1.807) is 6.07 Å². The molecule has 3 aromatic rings. The van der Waals surface area contributed by atoms with E-state index in [2.05, 4.69) is 0 Å². The van der Waals surface area contributed by atoms with Crippen molar-refractivity contribution in [2.45, 2.75) is 26.7 Å². The van der Waals surface area contributed by atoms with Crippen molar-refractivity contribution in [1.82, 2.24) is 0 Å². The predicted molar refractivity (Wildman–Crippen MR) is 90.9 cm³/mol. The van der Waals surface area contributed by atoms with Crippen LogP contribution < -0.4 is 5.43 Å². The SMILES string of the molecule is CCCc1cc(C(C)=O)cc2c(=O)c3cc(C(=O)O)ccc3oc12. The zero-order valence-electron chi connectivity index (χ0n) is 13.4. The van der Waals surface area contributed by atoms with Gasteiger partial charge in [-0.1, -0.05) is 13.3 Å². The number of rotatable bonds is 4. The molecule has 1 heterocycles. The van der Waals surface area contributed by atoms with Crippen molar-refractivity contribution in [3.8, 4) is 0 Å². The van der Waals surface area contributed by atoms with Gasteiger partial charge in [0.05, 0.1) is 16.3 Å². The zero-order valence-corrected chi connectivity index (χ0v) is 13.4. The minimum Gasteiger partial charge on any atom is -0.478 e. The van der Waals surface area contributed by atoms with Crippen molar-refractivity contribution < 1.29 is 19.1 Å². The van der Waals surface area contributed by atoms with Crippen LogP contribution in [0, 0.1) is 0 Å². The molecule has 5 heteroatoms. The third-order valence-corrected chi connectivity index (χ3v) is 4.02. The third kappa shape index (κ3) is 2.58. The van der Waals surface area contributed by atoms with E-state index in [4.69, 9.17) is 9.52 Å². The van der Waals surface area contributed by atoms with Gasteiger partial charge in [-0.2, -0.15) is 0 Å². The van der Waals surface area contributed by atoms with Crippen molar-refractivity contribution in [2.75, 3.05) is 0 Å². The van der Waals surface area contributed by atoms with Crippen LogP contribution in [0.2, 0.25) is 0 Å². The molecule has 2 aromatic carbocycles. The van der Waals surface area contributed by atoms with Crippen molar-refractivity contribution in [2.24, 2.45) is 0 Å². The lowest BCUT2D eigenvalue weighted by molar-refractivity contribution is 0.0697. The summed E-state index contributed by atoms with van der Waals surface area (Å²) in [6.45, 7) is 3.45. The van der Waals surface area contributed by atoms with E-state index in [0.717, 1.165) is 12.0 Å². The molecule has 1 N–H and O–H groups in total. The summed E-state index contributed by atoms with van der Waals surface area (Å²) in [6, 6.07) is 7.49. The monoisotopic (exact) mass is 324 g/mol. The number of aromatic carboxylic acids is 1. The largest absolute Gasteiger partial charge is 0.478 e. The maximum atomic E-state index is 12.8. The number of fused-ring (bicyclic) bond motifs is 2. The Labute approximate surface area is 137 Å². The lowest BCUT2D eigenvalue weighted by Crippen LogP contribution is -2.07. The van der Waals surface area contributed by atoms with E-state index in [9.17, 15) is 14.4 Å². The van der Waals surface area contributed by atoms with Gasteiger partial charge < -0.3 is 9.52 Å². The third-order valence-electron chi connectivity index (χ3n) is 4.02. The zero-order chi connectivity index (χ0) is 17.4. The van der Waals surface area contributed by atoms with Crippen LogP contribution in [0.4, 0.5) is 0 Å². The van der Waals surface area contributed by atoms with Crippen LogP contribution in [0.3, 0.4) is 0 Å². The van der Waals surface area contributed by atoms with Gasteiger partial charge in [0.15, 0.2) is 5.78 Å². The van der Waals surface area contributed by atoms with Gasteiger partial charge in [0.25, 0.3) is 0 Å². The van der Waals surface area contributed by atoms with Crippen LogP contribution in [0.15, 0.2) is 39.5 Å². The lowest BCUT2D eigenvalue weighted by atomic mass is 9.99. The van der Waals surface area contributed by atoms with Gasteiger partial charge in [-0.3, -0.25) is 9.59 Å². The Morgan fingerprint density at radius 1 is 1.08 bits per heavy atom. The average molecular weight is 324 g/mol. The highest BCUT2D eigenvalue weighted by Gasteiger charge is 2.15. The fourth-order valence-electron chi connectivity index (χ4n) is 2.82. The van der Waals surface area contributed by atoms with E-state index in [1.165, 1.54) is 31.2 Å². The van der Waals surface area contributed by atoms with Crippen LogP contribution in [0.25, 0.3) is 21.9 Å².